The van der Waals surface area contributed by atoms with Crippen molar-refractivity contribution in [3.8, 4) is 0 Å². The number of benzene rings is 1. The Labute approximate surface area is 103 Å². The molecule has 0 atom stereocenters. The van der Waals surface area contributed by atoms with Crippen LogP contribution in [0.25, 0.3) is 0 Å². The second-order valence-electron chi connectivity index (χ2n) is 5.62. The molecule has 0 aliphatic heterocycles. The van der Waals surface area contributed by atoms with E-state index in [1.54, 1.807) is 0 Å². The molecule has 0 heterocycles. The van der Waals surface area contributed by atoms with Gasteiger partial charge in [-0.2, -0.15) is 0 Å². The van der Waals surface area contributed by atoms with E-state index in [-0.39, 0.29) is 5.41 Å². The van der Waals surface area contributed by atoms with Crippen LogP contribution in [0.2, 0.25) is 0 Å². The third kappa shape index (κ3) is 2.68. The summed E-state index contributed by atoms with van der Waals surface area (Å²) in [5.41, 5.74) is 5.30. The van der Waals surface area contributed by atoms with Crippen LogP contribution in [0, 0.1) is 26.2 Å². The molecule has 2 rings (SSSR count). The number of carboxylic acid groups (broad SMARTS) is 1. The summed E-state index contributed by atoms with van der Waals surface area (Å²) in [4.78, 5) is 10.9. The molecule has 0 amide bonds. The normalized spacial score (nSPS) is 16.9. The van der Waals surface area contributed by atoms with Crippen LogP contribution in [-0.2, 0) is 11.2 Å². The Morgan fingerprint density at radius 1 is 1.24 bits per heavy atom. The first kappa shape index (κ1) is 12.2. The van der Waals surface area contributed by atoms with Crippen molar-refractivity contribution in [2.75, 3.05) is 0 Å². The first-order valence-corrected chi connectivity index (χ1v) is 6.20. The number of rotatable bonds is 4. The third-order valence-electron chi connectivity index (χ3n) is 3.88. The van der Waals surface area contributed by atoms with Crippen molar-refractivity contribution >= 4 is 5.97 Å². The molecule has 2 heteroatoms. The van der Waals surface area contributed by atoms with Crippen molar-refractivity contribution in [1.29, 1.82) is 0 Å². The number of hydrogen-bond donors (Lipinski definition) is 1. The third-order valence-corrected chi connectivity index (χ3v) is 3.88. The van der Waals surface area contributed by atoms with Crippen molar-refractivity contribution in [1.82, 2.24) is 0 Å². The minimum absolute atomic E-state index is 0.0522. The highest BCUT2D eigenvalue weighted by molar-refractivity contribution is 5.68. The fraction of sp³-hybridized carbons (Fsp3) is 0.533. The second-order valence-corrected chi connectivity index (χ2v) is 5.62. The molecular weight excluding hydrogens is 212 g/mol. The molecule has 1 aromatic carbocycles. The summed E-state index contributed by atoms with van der Waals surface area (Å²) in [5.74, 6) is -0.662. The smallest absolute Gasteiger partial charge is 0.303 e. The fourth-order valence-electron chi connectivity index (χ4n) is 2.78. The minimum atomic E-state index is -0.662. The highest BCUT2D eigenvalue weighted by Gasteiger charge is 2.44. The van der Waals surface area contributed by atoms with E-state index in [2.05, 4.69) is 32.9 Å². The number of aryl methyl sites for hydroxylation is 3. The van der Waals surface area contributed by atoms with Gasteiger partial charge in [-0.3, -0.25) is 4.79 Å². The maximum Gasteiger partial charge on any atom is 0.303 e. The topological polar surface area (TPSA) is 37.3 Å². The number of aliphatic carboxylic acids is 1. The zero-order valence-electron chi connectivity index (χ0n) is 10.8. The molecule has 0 spiro atoms. The number of carbonyl (C=O) groups is 1. The molecular formula is C15H20O2. The highest BCUT2D eigenvalue weighted by atomic mass is 16.4. The van der Waals surface area contributed by atoms with Crippen molar-refractivity contribution in [3.05, 3.63) is 34.4 Å². The molecule has 1 aromatic rings. The molecule has 0 aromatic heterocycles. The fourth-order valence-corrected chi connectivity index (χ4v) is 2.78. The van der Waals surface area contributed by atoms with Crippen LogP contribution < -0.4 is 0 Å². The quantitative estimate of drug-likeness (QED) is 0.863. The van der Waals surface area contributed by atoms with Gasteiger partial charge in [0.15, 0.2) is 0 Å². The Morgan fingerprint density at radius 3 is 2.18 bits per heavy atom. The van der Waals surface area contributed by atoms with E-state index in [4.69, 9.17) is 5.11 Å². The predicted octanol–water partition coefficient (Wildman–Crippen LogP) is 3.41. The summed E-state index contributed by atoms with van der Waals surface area (Å²) in [6, 6.07) is 4.39. The van der Waals surface area contributed by atoms with Crippen molar-refractivity contribution < 1.29 is 9.90 Å². The Balaban J connectivity index is 2.22. The van der Waals surface area contributed by atoms with Crippen molar-refractivity contribution in [2.45, 2.75) is 46.5 Å². The van der Waals surface area contributed by atoms with Crippen LogP contribution in [0.1, 0.15) is 41.5 Å². The molecule has 0 radical (unpaired) electrons. The van der Waals surface area contributed by atoms with E-state index < -0.39 is 5.97 Å². The van der Waals surface area contributed by atoms with Crippen molar-refractivity contribution in [3.63, 3.8) is 0 Å². The Hall–Kier alpha value is -1.31. The summed E-state index contributed by atoms with van der Waals surface area (Å²) < 4.78 is 0. The first-order valence-electron chi connectivity index (χ1n) is 6.20. The van der Waals surface area contributed by atoms with E-state index in [1.165, 1.54) is 22.3 Å². The molecule has 2 nitrogen and oxygen atoms in total. The van der Waals surface area contributed by atoms with Crippen LogP contribution in [0.5, 0.6) is 0 Å². The summed E-state index contributed by atoms with van der Waals surface area (Å²) in [6.45, 7) is 6.37. The number of carboxylic acids is 1. The van der Waals surface area contributed by atoms with E-state index in [9.17, 15) is 4.79 Å². The van der Waals surface area contributed by atoms with Crippen LogP contribution in [-0.4, -0.2) is 11.1 Å². The molecule has 0 bridgehead atoms. The SMILES string of the molecule is Cc1cc(C)c(CC2(CC(=O)O)CC2)c(C)c1. The zero-order valence-corrected chi connectivity index (χ0v) is 10.8. The van der Waals surface area contributed by atoms with E-state index in [0.717, 1.165) is 19.3 Å². The van der Waals surface area contributed by atoms with Crippen LogP contribution in [0.15, 0.2) is 12.1 Å². The lowest BCUT2D eigenvalue weighted by Crippen LogP contribution is -2.13. The van der Waals surface area contributed by atoms with E-state index >= 15 is 0 Å². The molecule has 1 fully saturated rings. The average molecular weight is 232 g/mol. The predicted molar refractivity (Wildman–Crippen MR) is 68.3 cm³/mol. The summed E-state index contributed by atoms with van der Waals surface area (Å²) in [7, 11) is 0. The van der Waals surface area contributed by atoms with Gasteiger partial charge in [-0.05, 0) is 62.1 Å². The Morgan fingerprint density at radius 2 is 1.76 bits per heavy atom. The maximum atomic E-state index is 10.9. The average Bonchev–Trinajstić information content (AvgIpc) is 2.91. The lowest BCUT2D eigenvalue weighted by Gasteiger charge is -2.17. The standard InChI is InChI=1S/C15H20O2/c1-10-6-11(2)13(12(3)7-10)8-15(4-5-15)9-14(16)17/h6-7H,4-5,8-9H2,1-3H3,(H,16,17). The lowest BCUT2D eigenvalue weighted by atomic mass is 9.87. The van der Waals surface area contributed by atoms with Gasteiger partial charge in [0.2, 0.25) is 0 Å². The summed E-state index contributed by atoms with van der Waals surface area (Å²) >= 11 is 0. The monoisotopic (exact) mass is 232 g/mol. The lowest BCUT2D eigenvalue weighted by molar-refractivity contribution is -0.138. The zero-order chi connectivity index (χ0) is 12.6. The van der Waals surface area contributed by atoms with E-state index in [1.807, 2.05) is 0 Å². The van der Waals surface area contributed by atoms with Gasteiger partial charge < -0.3 is 5.11 Å². The van der Waals surface area contributed by atoms with Gasteiger partial charge in [0.05, 0.1) is 6.42 Å². The molecule has 0 unspecified atom stereocenters. The Bertz CT molecular complexity index is 433. The second kappa shape index (κ2) is 4.17. The van der Waals surface area contributed by atoms with Crippen LogP contribution >= 0.6 is 0 Å². The Kier molecular flexibility index (Phi) is 2.98. The molecule has 1 N–H and O–H groups in total. The molecule has 17 heavy (non-hydrogen) atoms. The molecule has 0 saturated heterocycles. The number of hydrogen-bond acceptors (Lipinski definition) is 1. The van der Waals surface area contributed by atoms with Gasteiger partial charge in [0.25, 0.3) is 0 Å². The van der Waals surface area contributed by atoms with Crippen molar-refractivity contribution in [2.24, 2.45) is 5.41 Å². The molecule has 1 aliphatic rings. The van der Waals surface area contributed by atoms with Gasteiger partial charge in [0.1, 0.15) is 0 Å². The maximum absolute atomic E-state index is 10.9. The molecule has 1 aliphatic carbocycles. The highest BCUT2D eigenvalue weighted by Crippen LogP contribution is 2.52. The minimum Gasteiger partial charge on any atom is -0.481 e. The summed E-state index contributed by atoms with van der Waals surface area (Å²) in [5, 5.41) is 8.95. The largest absolute Gasteiger partial charge is 0.481 e. The van der Waals surface area contributed by atoms with Crippen LogP contribution in [0.4, 0.5) is 0 Å². The molecule has 1 saturated carbocycles. The molecule has 92 valence electrons. The van der Waals surface area contributed by atoms with E-state index in [0.29, 0.717) is 6.42 Å². The summed E-state index contributed by atoms with van der Waals surface area (Å²) in [6.07, 6.45) is 3.37. The van der Waals surface area contributed by atoms with Crippen LogP contribution in [0.3, 0.4) is 0 Å². The first-order chi connectivity index (χ1) is 7.92. The van der Waals surface area contributed by atoms with Gasteiger partial charge >= 0.3 is 5.97 Å². The van der Waals surface area contributed by atoms with Gasteiger partial charge in [-0.1, -0.05) is 17.7 Å². The van der Waals surface area contributed by atoms with Gasteiger partial charge in [-0.25, -0.2) is 0 Å². The van der Waals surface area contributed by atoms with Gasteiger partial charge in [-0.15, -0.1) is 0 Å². The van der Waals surface area contributed by atoms with Gasteiger partial charge in [0, 0.05) is 0 Å².